The predicted molar refractivity (Wildman–Crippen MR) is 127 cm³/mol. The first kappa shape index (κ1) is 22.0. The zero-order valence-electron chi connectivity index (χ0n) is 18.1. The Morgan fingerprint density at radius 1 is 1.06 bits per heavy atom. The van der Waals surface area contributed by atoms with Gasteiger partial charge in [-0.2, -0.15) is 5.26 Å². The number of guanidine groups is 1. The lowest BCUT2D eigenvalue weighted by Gasteiger charge is -2.50. The molecule has 2 fully saturated rings. The van der Waals surface area contributed by atoms with Gasteiger partial charge in [-0.25, -0.2) is 9.79 Å². The van der Waals surface area contributed by atoms with E-state index in [4.69, 9.17) is 16.6 Å². The van der Waals surface area contributed by atoms with Crippen LogP contribution >= 0.6 is 11.6 Å². The highest BCUT2D eigenvalue weighted by molar-refractivity contribution is 6.30. The molecule has 8 heteroatoms. The van der Waals surface area contributed by atoms with E-state index in [0.717, 1.165) is 42.6 Å². The zero-order valence-corrected chi connectivity index (χ0v) is 18.8. The maximum atomic E-state index is 13.1. The van der Waals surface area contributed by atoms with Crippen molar-refractivity contribution in [3.63, 3.8) is 0 Å². The molecule has 1 saturated heterocycles. The molecule has 0 spiro atoms. The average Bonchev–Trinajstić information content (AvgIpc) is 2.81. The Kier molecular flexibility index (Phi) is 6.81. The number of aryl methyl sites for hydroxylation is 1. The number of aliphatic imine (C=N–C) groups is 1. The molecule has 1 heterocycles. The highest BCUT2D eigenvalue weighted by atomic mass is 35.5. The first-order valence-corrected chi connectivity index (χ1v) is 11.3. The summed E-state index contributed by atoms with van der Waals surface area (Å²) in [5.74, 6) is 0.552. The number of hydrogen-bond donors (Lipinski definition) is 2. The van der Waals surface area contributed by atoms with Crippen molar-refractivity contribution in [2.75, 3.05) is 18.4 Å². The molecule has 0 unspecified atom stereocenters. The van der Waals surface area contributed by atoms with Gasteiger partial charge in [-0.3, -0.25) is 5.32 Å². The number of rotatable bonds is 2. The van der Waals surface area contributed by atoms with Gasteiger partial charge < -0.3 is 15.1 Å². The molecule has 0 aromatic heterocycles. The molecule has 2 aromatic carbocycles. The maximum absolute atomic E-state index is 13.1. The van der Waals surface area contributed by atoms with Gasteiger partial charge in [-0.15, -0.1) is 0 Å². The lowest BCUT2D eigenvalue weighted by Crippen LogP contribution is -2.65. The molecule has 0 radical (unpaired) electrons. The summed E-state index contributed by atoms with van der Waals surface area (Å²) < 4.78 is 0. The van der Waals surface area contributed by atoms with Crippen LogP contribution in [-0.2, 0) is 0 Å². The van der Waals surface area contributed by atoms with E-state index in [9.17, 15) is 10.1 Å². The molecule has 2 N–H and O–H groups in total. The summed E-state index contributed by atoms with van der Waals surface area (Å²) in [6, 6.07) is 15.1. The highest BCUT2D eigenvalue weighted by Gasteiger charge is 2.41. The lowest BCUT2D eigenvalue weighted by molar-refractivity contribution is 0.0588. The van der Waals surface area contributed by atoms with E-state index in [1.165, 1.54) is 0 Å². The summed E-state index contributed by atoms with van der Waals surface area (Å²) in [5.41, 5.74) is 2.61. The SMILES string of the molecule is Cc1ccccc1N=C(NC#N)N1CCN(C(=O)Nc2ccc(Cl)cc2)[C@@H]2CCCC[C@@H]21. The molecule has 2 aromatic rings. The zero-order chi connectivity index (χ0) is 22.5. The first-order chi connectivity index (χ1) is 15.6. The molecule has 2 amide bonds. The fraction of sp³-hybridized carbons (Fsp3) is 0.375. The lowest BCUT2D eigenvalue weighted by atomic mass is 9.86. The summed E-state index contributed by atoms with van der Waals surface area (Å²) in [7, 11) is 0. The topological polar surface area (TPSA) is 83.8 Å². The molecule has 0 bridgehead atoms. The summed E-state index contributed by atoms with van der Waals surface area (Å²) in [6.07, 6.45) is 6.10. The van der Waals surface area contributed by atoms with E-state index in [0.29, 0.717) is 24.1 Å². The molecule has 7 nitrogen and oxygen atoms in total. The van der Waals surface area contributed by atoms with E-state index < -0.39 is 0 Å². The second-order valence-electron chi connectivity index (χ2n) is 8.20. The van der Waals surface area contributed by atoms with Crippen LogP contribution in [0.15, 0.2) is 53.5 Å². The summed E-state index contributed by atoms with van der Waals surface area (Å²) in [5, 5.41) is 15.8. The van der Waals surface area contributed by atoms with Crippen LogP contribution in [0, 0.1) is 18.4 Å². The fourth-order valence-corrected chi connectivity index (χ4v) is 4.75. The Hall–Kier alpha value is -3.24. The molecule has 1 aliphatic carbocycles. The largest absolute Gasteiger partial charge is 0.335 e. The Bertz CT molecular complexity index is 1030. The van der Waals surface area contributed by atoms with Crippen LogP contribution in [0.5, 0.6) is 0 Å². The van der Waals surface area contributed by atoms with Gasteiger partial charge in [0, 0.05) is 23.8 Å². The predicted octanol–water partition coefficient (Wildman–Crippen LogP) is 4.87. The number of benzene rings is 2. The highest BCUT2D eigenvalue weighted by Crippen LogP contribution is 2.31. The Morgan fingerprint density at radius 2 is 1.72 bits per heavy atom. The van der Waals surface area contributed by atoms with Crippen LogP contribution in [0.1, 0.15) is 31.2 Å². The minimum absolute atomic E-state index is 0.0624. The minimum Gasteiger partial charge on any atom is -0.335 e. The van der Waals surface area contributed by atoms with Crippen LogP contribution in [-0.4, -0.2) is 47.0 Å². The number of piperazine rings is 1. The van der Waals surface area contributed by atoms with Crippen molar-refractivity contribution in [2.24, 2.45) is 4.99 Å². The summed E-state index contributed by atoms with van der Waals surface area (Å²) in [4.78, 5) is 22.0. The van der Waals surface area contributed by atoms with E-state index in [-0.39, 0.29) is 18.1 Å². The van der Waals surface area contributed by atoms with Gasteiger partial charge >= 0.3 is 6.03 Å². The molecular weight excluding hydrogens is 424 g/mol. The number of hydrogen-bond acceptors (Lipinski definition) is 3. The molecular formula is C24H27ClN6O. The normalized spacial score (nSPS) is 20.8. The molecule has 1 aliphatic heterocycles. The Morgan fingerprint density at radius 3 is 2.41 bits per heavy atom. The van der Waals surface area contributed by atoms with Gasteiger partial charge in [-0.1, -0.05) is 42.6 Å². The summed E-state index contributed by atoms with van der Waals surface area (Å²) in [6.45, 7) is 3.17. The number of anilines is 1. The van der Waals surface area contributed by atoms with E-state index in [1.54, 1.807) is 24.3 Å². The third kappa shape index (κ3) is 4.81. The van der Waals surface area contributed by atoms with Gasteiger partial charge in [0.2, 0.25) is 5.96 Å². The number of carbonyl (C=O) groups is 1. The quantitative estimate of drug-likeness (QED) is 0.296. The van der Waals surface area contributed by atoms with Gasteiger partial charge in [0.25, 0.3) is 0 Å². The Labute approximate surface area is 193 Å². The third-order valence-electron chi connectivity index (χ3n) is 6.21. The van der Waals surface area contributed by atoms with Crippen LogP contribution in [0.25, 0.3) is 0 Å². The molecule has 4 rings (SSSR count). The number of fused-ring (bicyclic) bond motifs is 1. The van der Waals surface area contributed by atoms with Crippen LogP contribution in [0.4, 0.5) is 16.2 Å². The molecule has 1 saturated carbocycles. The van der Waals surface area contributed by atoms with Crippen molar-refractivity contribution in [3.8, 4) is 6.19 Å². The molecule has 166 valence electrons. The third-order valence-corrected chi connectivity index (χ3v) is 6.47. The van der Waals surface area contributed by atoms with E-state index in [1.807, 2.05) is 42.3 Å². The number of urea groups is 1. The fourth-order valence-electron chi connectivity index (χ4n) is 4.63. The summed E-state index contributed by atoms with van der Waals surface area (Å²) >= 11 is 5.96. The number of nitrogens with zero attached hydrogens (tertiary/aromatic N) is 4. The number of carbonyl (C=O) groups excluding carboxylic acids is 1. The van der Waals surface area contributed by atoms with Gasteiger partial charge in [0.15, 0.2) is 6.19 Å². The number of amides is 2. The van der Waals surface area contributed by atoms with Gasteiger partial charge in [0.05, 0.1) is 17.8 Å². The first-order valence-electron chi connectivity index (χ1n) is 11.0. The second kappa shape index (κ2) is 9.92. The number of para-hydroxylation sites is 1. The monoisotopic (exact) mass is 450 g/mol. The molecule has 2 atom stereocenters. The number of halogens is 1. The van der Waals surface area contributed by atoms with Crippen LogP contribution < -0.4 is 10.6 Å². The maximum Gasteiger partial charge on any atom is 0.322 e. The van der Waals surface area contributed by atoms with Gasteiger partial charge in [-0.05, 0) is 55.7 Å². The van der Waals surface area contributed by atoms with Crippen molar-refractivity contribution >= 4 is 35.0 Å². The average molecular weight is 451 g/mol. The number of nitriles is 1. The van der Waals surface area contributed by atoms with Crippen molar-refractivity contribution in [1.82, 2.24) is 15.1 Å². The van der Waals surface area contributed by atoms with Crippen molar-refractivity contribution in [3.05, 3.63) is 59.1 Å². The minimum atomic E-state index is -0.102. The Balaban J connectivity index is 1.56. The van der Waals surface area contributed by atoms with Gasteiger partial charge in [0.1, 0.15) is 0 Å². The smallest absolute Gasteiger partial charge is 0.322 e. The standard InChI is InChI=1S/C24H27ClN6O/c1-17-6-2-3-7-20(17)29-23(27-16-26)30-14-15-31(22-9-5-4-8-21(22)30)24(32)28-19-12-10-18(25)11-13-19/h2-3,6-7,10-13,21-22H,4-5,8-9,14-15H2,1H3,(H,27,29)(H,28,32)/t21-,22+/m0/s1. The van der Waals surface area contributed by atoms with E-state index >= 15 is 0 Å². The van der Waals surface area contributed by atoms with Crippen molar-refractivity contribution in [2.45, 2.75) is 44.7 Å². The van der Waals surface area contributed by atoms with Crippen LogP contribution in [0.2, 0.25) is 5.02 Å². The van der Waals surface area contributed by atoms with Crippen molar-refractivity contribution < 1.29 is 4.79 Å². The molecule has 2 aliphatic rings. The number of nitrogens with one attached hydrogen (secondary N) is 2. The van der Waals surface area contributed by atoms with E-state index in [2.05, 4.69) is 15.5 Å². The second-order valence-corrected chi connectivity index (χ2v) is 8.64. The van der Waals surface area contributed by atoms with Crippen LogP contribution in [0.3, 0.4) is 0 Å². The van der Waals surface area contributed by atoms with Crippen molar-refractivity contribution in [1.29, 1.82) is 5.26 Å². The molecule has 32 heavy (non-hydrogen) atoms.